The lowest BCUT2D eigenvalue weighted by Crippen LogP contribution is -3.15. The van der Waals surface area contributed by atoms with Crippen molar-refractivity contribution in [1.29, 1.82) is 0 Å². The molecule has 3 amide bonds. The van der Waals surface area contributed by atoms with Crippen molar-refractivity contribution in [2.75, 3.05) is 33.0 Å². The van der Waals surface area contributed by atoms with Gasteiger partial charge in [0, 0.05) is 0 Å². The lowest BCUT2D eigenvalue weighted by atomic mass is 9.67. The number of hydrogen-bond acceptors (Lipinski definition) is 3. The number of carbonyl (C=O) groups is 2. The summed E-state index contributed by atoms with van der Waals surface area (Å²) in [4.78, 5) is 28.0. The molecule has 0 aromatic rings. The Morgan fingerprint density at radius 1 is 1.22 bits per heavy atom. The molecular weight excluding hydrogens is 294 g/mol. The Hall–Kier alpha value is -1.14. The van der Waals surface area contributed by atoms with Gasteiger partial charge >= 0.3 is 6.03 Å². The third kappa shape index (κ3) is 3.24. The van der Waals surface area contributed by atoms with E-state index >= 15 is 0 Å². The van der Waals surface area contributed by atoms with Gasteiger partial charge in [-0.3, -0.25) is 4.79 Å². The minimum Gasteiger partial charge on any atom is -0.370 e. The summed E-state index contributed by atoms with van der Waals surface area (Å²) in [7, 11) is 0. The molecule has 23 heavy (non-hydrogen) atoms. The van der Waals surface area contributed by atoms with Crippen LogP contribution in [0, 0.1) is 11.3 Å². The SMILES string of the molecule is CC(C)(C)C1CCC2(CC1)NC(=O)N(C[NH+]1CCOCC1)C2=O. The number of hydrogen-bond donors (Lipinski definition) is 2. The molecule has 1 spiro atoms. The van der Waals surface area contributed by atoms with Crippen LogP contribution in [-0.2, 0) is 9.53 Å². The van der Waals surface area contributed by atoms with Gasteiger partial charge in [0.05, 0.1) is 13.2 Å². The van der Waals surface area contributed by atoms with Gasteiger partial charge in [-0.1, -0.05) is 20.8 Å². The van der Waals surface area contributed by atoms with Crippen LogP contribution in [0.1, 0.15) is 46.5 Å². The summed E-state index contributed by atoms with van der Waals surface area (Å²) in [6, 6.07) is -0.205. The van der Waals surface area contributed by atoms with Crippen molar-refractivity contribution >= 4 is 11.9 Å². The van der Waals surface area contributed by atoms with Crippen molar-refractivity contribution in [3.8, 4) is 0 Å². The minimum absolute atomic E-state index is 0.00569. The number of ether oxygens (including phenoxy) is 1. The molecule has 6 nitrogen and oxygen atoms in total. The average molecular weight is 324 g/mol. The van der Waals surface area contributed by atoms with Crippen molar-refractivity contribution in [3.05, 3.63) is 0 Å². The summed E-state index contributed by atoms with van der Waals surface area (Å²) in [5, 5.41) is 3.02. The highest BCUT2D eigenvalue weighted by Crippen LogP contribution is 2.43. The highest BCUT2D eigenvalue weighted by atomic mass is 16.5. The first-order chi connectivity index (χ1) is 10.8. The fraction of sp³-hybridized carbons (Fsp3) is 0.882. The van der Waals surface area contributed by atoms with Crippen molar-refractivity contribution < 1.29 is 19.2 Å². The number of imide groups is 1. The van der Waals surface area contributed by atoms with Gasteiger partial charge in [0.15, 0.2) is 6.67 Å². The molecule has 6 heteroatoms. The maximum Gasteiger partial charge on any atom is 0.329 e. The molecular formula is C17H30N3O3+. The van der Waals surface area contributed by atoms with Crippen LogP contribution in [0.25, 0.3) is 0 Å². The van der Waals surface area contributed by atoms with Crippen molar-refractivity contribution in [3.63, 3.8) is 0 Å². The van der Waals surface area contributed by atoms with Crippen LogP contribution in [-0.4, -0.2) is 55.3 Å². The van der Waals surface area contributed by atoms with E-state index in [2.05, 4.69) is 26.1 Å². The molecule has 0 aromatic heterocycles. The van der Waals surface area contributed by atoms with Crippen LogP contribution in [0.4, 0.5) is 4.79 Å². The quantitative estimate of drug-likeness (QED) is 0.722. The number of amides is 3. The molecule has 3 fully saturated rings. The van der Waals surface area contributed by atoms with E-state index in [1.54, 1.807) is 0 Å². The lowest BCUT2D eigenvalue weighted by molar-refractivity contribution is -0.915. The van der Waals surface area contributed by atoms with Crippen LogP contribution in [0.3, 0.4) is 0 Å². The molecule has 2 N–H and O–H groups in total. The Bertz CT molecular complexity index is 472. The van der Waals surface area contributed by atoms with E-state index in [0.717, 1.165) is 38.8 Å². The second kappa shape index (κ2) is 6.06. The van der Waals surface area contributed by atoms with Gasteiger partial charge in [0.25, 0.3) is 5.91 Å². The van der Waals surface area contributed by atoms with Crippen LogP contribution >= 0.6 is 0 Å². The summed E-state index contributed by atoms with van der Waals surface area (Å²) in [6.07, 6.45) is 3.56. The zero-order chi connectivity index (χ0) is 16.7. The highest BCUT2D eigenvalue weighted by molar-refractivity contribution is 6.06. The van der Waals surface area contributed by atoms with Gasteiger partial charge in [-0.25, -0.2) is 9.69 Å². The number of nitrogens with zero attached hydrogens (tertiary/aromatic N) is 1. The topological polar surface area (TPSA) is 63.1 Å². The Morgan fingerprint density at radius 2 is 1.83 bits per heavy atom. The van der Waals surface area contributed by atoms with E-state index < -0.39 is 5.54 Å². The molecule has 3 rings (SSSR count). The summed E-state index contributed by atoms with van der Waals surface area (Å²) in [5.41, 5.74) is -0.366. The van der Waals surface area contributed by atoms with Gasteiger partial charge in [0.1, 0.15) is 18.6 Å². The maximum absolute atomic E-state index is 12.9. The number of quaternary nitrogens is 1. The predicted octanol–water partition coefficient (Wildman–Crippen LogP) is 0.386. The zero-order valence-corrected chi connectivity index (χ0v) is 14.6. The Morgan fingerprint density at radius 3 is 2.39 bits per heavy atom. The number of rotatable bonds is 2. The minimum atomic E-state index is -0.634. The van der Waals surface area contributed by atoms with E-state index in [0.29, 0.717) is 25.8 Å². The number of morpholine rings is 1. The molecule has 3 aliphatic rings. The van der Waals surface area contributed by atoms with Crippen LogP contribution in [0.5, 0.6) is 0 Å². The van der Waals surface area contributed by atoms with Crippen LogP contribution in [0.2, 0.25) is 0 Å². The summed E-state index contributed by atoms with van der Waals surface area (Å²) in [5.74, 6) is 0.616. The second-order valence-electron chi connectivity index (χ2n) is 8.41. The summed E-state index contributed by atoms with van der Waals surface area (Å²) < 4.78 is 5.35. The van der Waals surface area contributed by atoms with E-state index in [1.807, 2.05) is 0 Å². The summed E-state index contributed by atoms with van der Waals surface area (Å²) >= 11 is 0. The van der Waals surface area contributed by atoms with Gasteiger partial charge in [-0.05, 0) is 37.0 Å². The van der Waals surface area contributed by atoms with Gasteiger partial charge < -0.3 is 15.0 Å². The molecule has 0 bridgehead atoms. The highest BCUT2D eigenvalue weighted by Gasteiger charge is 2.54. The average Bonchev–Trinajstić information content (AvgIpc) is 2.72. The van der Waals surface area contributed by atoms with Crippen LogP contribution < -0.4 is 10.2 Å². The number of carbonyl (C=O) groups excluding carboxylic acids is 2. The fourth-order valence-electron chi connectivity index (χ4n) is 4.18. The molecule has 0 unspecified atom stereocenters. The molecule has 130 valence electrons. The Kier molecular flexibility index (Phi) is 4.40. The molecule has 1 saturated carbocycles. The predicted molar refractivity (Wildman–Crippen MR) is 85.9 cm³/mol. The lowest BCUT2D eigenvalue weighted by Gasteiger charge is -2.40. The van der Waals surface area contributed by atoms with Crippen molar-refractivity contribution in [1.82, 2.24) is 10.2 Å². The van der Waals surface area contributed by atoms with E-state index in [4.69, 9.17) is 4.74 Å². The first-order valence-electron chi connectivity index (χ1n) is 8.87. The number of urea groups is 1. The molecule has 0 atom stereocenters. The molecule has 0 radical (unpaired) electrons. The fourth-order valence-corrected chi connectivity index (χ4v) is 4.18. The smallest absolute Gasteiger partial charge is 0.329 e. The molecule has 1 aliphatic carbocycles. The summed E-state index contributed by atoms with van der Waals surface area (Å²) in [6.45, 7) is 10.4. The number of nitrogens with one attached hydrogen (secondary N) is 2. The van der Waals surface area contributed by atoms with Crippen LogP contribution in [0.15, 0.2) is 0 Å². The standard InChI is InChI=1S/C17H29N3O3/c1-16(2,3)13-4-6-17(7-5-13)14(21)20(15(22)18-17)12-19-8-10-23-11-9-19/h13H,4-12H2,1-3H3,(H,18,22)/p+1. The third-order valence-electron chi connectivity index (χ3n) is 5.89. The third-order valence-corrected chi connectivity index (χ3v) is 5.89. The van der Waals surface area contributed by atoms with E-state index in [1.165, 1.54) is 9.80 Å². The molecule has 2 heterocycles. The first-order valence-corrected chi connectivity index (χ1v) is 8.87. The van der Waals surface area contributed by atoms with Gasteiger partial charge in [-0.15, -0.1) is 0 Å². The monoisotopic (exact) mass is 324 g/mol. The van der Waals surface area contributed by atoms with E-state index in [-0.39, 0.29) is 17.4 Å². The van der Waals surface area contributed by atoms with E-state index in [9.17, 15) is 9.59 Å². The first kappa shape index (κ1) is 16.7. The normalized spacial score (nSPS) is 33.3. The Balaban J connectivity index is 1.64. The molecule has 2 saturated heterocycles. The Labute approximate surface area is 138 Å². The largest absolute Gasteiger partial charge is 0.370 e. The molecule has 0 aromatic carbocycles. The van der Waals surface area contributed by atoms with Crippen molar-refractivity contribution in [2.45, 2.75) is 52.0 Å². The maximum atomic E-state index is 12.9. The van der Waals surface area contributed by atoms with Crippen molar-refractivity contribution in [2.24, 2.45) is 11.3 Å². The van der Waals surface area contributed by atoms with Gasteiger partial charge in [-0.2, -0.15) is 0 Å². The van der Waals surface area contributed by atoms with Gasteiger partial charge in [0.2, 0.25) is 0 Å². The second-order valence-corrected chi connectivity index (χ2v) is 8.41. The zero-order valence-electron chi connectivity index (χ0n) is 14.6. The molecule has 2 aliphatic heterocycles.